The van der Waals surface area contributed by atoms with Crippen LogP contribution in [0.5, 0.6) is 0 Å². The predicted molar refractivity (Wildman–Crippen MR) is 74.3 cm³/mol. The Kier molecular flexibility index (Phi) is 6.67. The third kappa shape index (κ3) is 5.37. The smallest absolute Gasteiger partial charge is 0.104 e. The lowest BCUT2D eigenvalue weighted by Gasteiger charge is -2.27. The molecule has 0 amide bonds. The highest BCUT2D eigenvalue weighted by Crippen LogP contribution is 2.26. The van der Waals surface area contributed by atoms with Gasteiger partial charge in [0.2, 0.25) is 0 Å². The zero-order chi connectivity index (χ0) is 13.4. The van der Waals surface area contributed by atoms with Crippen molar-refractivity contribution in [1.29, 1.82) is 5.26 Å². The highest BCUT2D eigenvalue weighted by molar-refractivity contribution is 5.03. The molecule has 1 rings (SSSR count). The third-order valence-electron chi connectivity index (χ3n) is 3.88. The summed E-state index contributed by atoms with van der Waals surface area (Å²) in [7, 11) is 0. The van der Waals surface area contributed by atoms with Crippen molar-refractivity contribution < 1.29 is 4.74 Å². The molecule has 0 aromatic rings. The van der Waals surface area contributed by atoms with Crippen molar-refractivity contribution in [3.05, 3.63) is 0 Å². The molecular formula is C15H28N2O. The molecule has 0 radical (unpaired) electrons. The Hall–Kier alpha value is -0.590. The molecular weight excluding hydrogens is 224 g/mol. The fourth-order valence-electron chi connectivity index (χ4n) is 2.78. The van der Waals surface area contributed by atoms with Gasteiger partial charge in [0.05, 0.1) is 12.2 Å². The van der Waals surface area contributed by atoms with Crippen molar-refractivity contribution in [1.82, 2.24) is 5.32 Å². The molecule has 0 aromatic heterocycles. The zero-order valence-electron chi connectivity index (χ0n) is 12.2. The van der Waals surface area contributed by atoms with Gasteiger partial charge >= 0.3 is 0 Å². The van der Waals surface area contributed by atoms with Crippen molar-refractivity contribution in [2.24, 2.45) is 5.92 Å². The van der Waals surface area contributed by atoms with Gasteiger partial charge in [-0.2, -0.15) is 5.26 Å². The summed E-state index contributed by atoms with van der Waals surface area (Å²) in [6.45, 7) is 7.95. The van der Waals surface area contributed by atoms with E-state index in [1.807, 2.05) is 13.8 Å². The van der Waals surface area contributed by atoms with Crippen LogP contribution in [-0.4, -0.2) is 24.8 Å². The summed E-state index contributed by atoms with van der Waals surface area (Å²) >= 11 is 0. The number of ether oxygens (including phenoxy) is 1. The van der Waals surface area contributed by atoms with Gasteiger partial charge in [-0.3, -0.25) is 5.32 Å². The molecule has 0 aromatic carbocycles. The number of nitriles is 1. The van der Waals surface area contributed by atoms with Gasteiger partial charge in [-0.15, -0.1) is 0 Å². The number of nitrogens with one attached hydrogen (secondary N) is 1. The Morgan fingerprint density at radius 1 is 1.44 bits per heavy atom. The number of hydrogen-bond donors (Lipinski definition) is 1. The highest BCUT2D eigenvalue weighted by Gasteiger charge is 2.22. The summed E-state index contributed by atoms with van der Waals surface area (Å²) in [5.41, 5.74) is -0.391. The topological polar surface area (TPSA) is 45.0 Å². The Morgan fingerprint density at radius 3 is 2.83 bits per heavy atom. The van der Waals surface area contributed by atoms with Crippen molar-refractivity contribution >= 4 is 0 Å². The lowest BCUT2D eigenvalue weighted by molar-refractivity contribution is 0.0124. The number of nitrogens with zero attached hydrogens (tertiary/aromatic N) is 1. The number of hydrogen-bond acceptors (Lipinski definition) is 3. The van der Waals surface area contributed by atoms with Crippen LogP contribution < -0.4 is 5.32 Å². The van der Waals surface area contributed by atoms with Crippen LogP contribution in [0.3, 0.4) is 0 Å². The fourth-order valence-corrected chi connectivity index (χ4v) is 2.78. The quantitative estimate of drug-likeness (QED) is 0.707. The van der Waals surface area contributed by atoms with Crippen LogP contribution in [0.15, 0.2) is 0 Å². The lowest BCUT2D eigenvalue weighted by Crippen LogP contribution is -2.40. The van der Waals surface area contributed by atoms with E-state index in [-0.39, 0.29) is 0 Å². The molecule has 3 atom stereocenters. The van der Waals surface area contributed by atoms with E-state index >= 15 is 0 Å². The Labute approximate surface area is 112 Å². The second-order valence-corrected chi connectivity index (χ2v) is 5.84. The maximum Gasteiger partial charge on any atom is 0.104 e. The maximum absolute atomic E-state index is 9.15. The molecule has 1 fully saturated rings. The molecule has 1 saturated carbocycles. The third-order valence-corrected chi connectivity index (χ3v) is 3.88. The van der Waals surface area contributed by atoms with E-state index in [0.717, 1.165) is 31.9 Å². The molecule has 3 heteroatoms. The first kappa shape index (κ1) is 15.5. The maximum atomic E-state index is 9.15. The summed E-state index contributed by atoms with van der Waals surface area (Å²) < 4.78 is 5.93. The molecule has 1 aliphatic carbocycles. The van der Waals surface area contributed by atoms with Crippen LogP contribution in [0.25, 0.3) is 0 Å². The Morgan fingerprint density at radius 2 is 2.22 bits per heavy atom. The van der Waals surface area contributed by atoms with Gasteiger partial charge in [0.15, 0.2) is 0 Å². The molecule has 18 heavy (non-hydrogen) atoms. The fraction of sp³-hybridized carbons (Fsp3) is 0.933. The van der Waals surface area contributed by atoms with Gasteiger partial charge in [0, 0.05) is 6.61 Å². The van der Waals surface area contributed by atoms with Crippen LogP contribution in [0.4, 0.5) is 0 Å². The van der Waals surface area contributed by atoms with E-state index < -0.39 is 5.54 Å². The van der Waals surface area contributed by atoms with Crippen LogP contribution in [0.1, 0.15) is 59.3 Å². The zero-order valence-corrected chi connectivity index (χ0v) is 12.2. The van der Waals surface area contributed by atoms with Gasteiger partial charge in [-0.25, -0.2) is 0 Å². The second-order valence-electron chi connectivity index (χ2n) is 5.84. The molecule has 0 spiro atoms. The SMILES string of the molecule is CCNC(C)(C#N)CCCOC1CCCC(C)C1. The normalized spacial score (nSPS) is 27.4. The predicted octanol–water partition coefficient (Wildman–Crippen LogP) is 3.25. The van der Waals surface area contributed by atoms with E-state index in [2.05, 4.69) is 18.3 Å². The minimum atomic E-state index is -0.391. The average molecular weight is 252 g/mol. The summed E-state index contributed by atoms with van der Waals surface area (Å²) in [6, 6.07) is 2.36. The molecule has 104 valence electrons. The minimum Gasteiger partial charge on any atom is -0.378 e. The molecule has 3 nitrogen and oxygen atoms in total. The van der Waals surface area contributed by atoms with E-state index in [0.29, 0.717) is 6.10 Å². The van der Waals surface area contributed by atoms with E-state index in [9.17, 15) is 0 Å². The van der Waals surface area contributed by atoms with Crippen molar-refractivity contribution in [2.45, 2.75) is 70.9 Å². The Balaban J connectivity index is 2.16. The van der Waals surface area contributed by atoms with Gasteiger partial charge in [0.1, 0.15) is 5.54 Å². The van der Waals surface area contributed by atoms with Gasteiger partial charge in [-0.05, 0) is 45.1 Å². The summed E-state index contributed by atoms with van der Waals surface area (Å²) in [4.78, 5) is 0. The van der Waals surface area contributed by atoms with Gasteiger partial charge in [-0.1, -0.05) is 26.7 Å². The molecule has 0 saturated heterocycles. The van der Waals surface area contributed by atoms with E-state index in [4.69, 9.17) is 10.00 Å². The molecule has 1 aliphatic rings. The first-order valence-electron chi connectivity index (χ1n) is 7.37. The van der Waals surface area contributed by atoms with Gasteiger partial charge < -0.3 is 4.74 Å². The van der Waals surface area contributed by atoms with Crippen molar-refractivity contribution in [3.8, 4) is 6.07 Å². The first-order chi connectivity index (χ1) is 8.59. The molecule has 1 N–H and O–H groups in total. The minimum absolute atomic E-state index is 0.391. The summed E-state index contributed by atoms with van der Waals surface area (Å²) in [6.07, 6.45) is 7.37. The van der Waals surface area contributed by atoms with E-state index in [1.54, 1.807) is 0 Å². The van der Waals surface area contributed by atoms with Crippen LogP contribution in [0, 0.1) is 17.2 Å². The van der Waals surface area contributed by atoms with Crippen LogP contribution in [-0.2, 0) is 4.74 Å². The molecule has 0 bridgehead atoms. The van der Waals surface area contributed by atoms with Crippen molar-refractivity contribution in [2.75, 3.05) is 13.2 Å². The van der Waals surface area contributed by atoms with Crippen LogP contribution >= 0.6 is 0 Å². The molecule has 0 heterocycles. The molecule has 3 unspecified atom stereocenters. The molecule has 0 aliphatic heterocycles. The largest absolute Gasteiger partial charge is 0.378 e. The van der Waals surface area contributed by atoms with Gasteiger partial charge in [0.25, 0.3) is 0 Å². The average Bonchev–Trinajstić information content (AvgIpc) is 2.35. The Bertz CT molecular complexity index is 274. The van der Waals surface area contributed by atoms with Crippen molar-refractivity contribution in [3.63, 3.8) is 0 Å². The lowest BCUT2D eigenvalue weighted by atomic mass is 9.89. The standard InChI is InChI=1S/C15H28N2O/c1-4-17-15(3,12-16)9-6-10-18-14-8-5-7-13(2)11-14/h13-14,17H,4-11H2,1-3H3. The number of rotatable bonds is 7. The summed E-state index contributed by atoms with van der Waals surface area (Å²) in [5.74, 6) is 0.815. The highest BCUT2D eigenvalue weighted by atomic mass is 16.5. The monoisotopic (exact) mass is 252 g/mol. The first-order valence-corrected chi connectivity index (χ1v) is 7.37. The van der Waals surface area contributed by atoms with Crippen LogP contribution in [0.2, 0.25) is 0 Å². The summed E-state index contributed by atoms with van der Waals surface area (Å²) in [5, 5.41) is 12.4. The second kappa shape index (κ2) is 7.76. The van der Waals surface area contributed by atoms with E-state index in [1.165, 1.54) is 25.7 Å².